The van der Waals surface area contributed by atoms with Crippen molar-refractivity contribution in [1.29, 1.82) is 0 Å². The van der Waals surface area contributed by atoms with Crippen LogP contribution in [0.3, 0.4) is 0 Å². The first-order valence-corrected chi connectivity index (χ1v) is 9.91. The maximum Gasteiger partial charge on any atom is 0.261 e. The van der Waals surface area contributed by atoms with Gasteiger partial charge < -0.3 is 15.0 Å². The van der Waals surface area contributed by atoms with Gasteiger partial charge in [-0.1, -0.05) is 7.43 Å². The number of nitrogens with one attached hydrogen (secondary N) is 2. The van der Waals surface area contributed by atoms with Gasteiger partial charge in [-0.2, -0.15) is 11.8 Å². The molecule has 1 aromatic heterocycles. The van der Waals surface area contributed by atoms with Crippen molar-refractivity contribution in [3.63, 3.8) is 0 Å². The van der Waals surface area contributed by atoms with Gasteiger partial charge in [0.2, 0.25) is 0 Å². The Morgan fingerprint density at radius 2 is 2.00 bits per heavy atom. The maximum atomic E-state index is 14.3. The van der Waals surface area contributed by atoms with Crippen LogP contribution >= 0.6 is 11.8 Å². The zero-order chi connectivity index (χ0) is 17.2. The van der Waals surface area contributed by atoms with Crippen LogP contribution in [-0.4, -0.2) is 34.9 Å². The third-order valence-corrected chi connectivity index (χ3v) is 6.09. The molecule has 1 saturated carbocycles. The minimum absolute atomic E-state index is 0. The van der Waals surface area contributed by atoms with E-state index in [1.807, 2.05) is 0 Å². The van der Waals surface area contributed by atoms with Crippen molar-refractivity contribution in [3.8, 4) is 5.75 Å². The monoisotopic (exact) mass is 379 g/mol. The van der Waals surface area contributed by atoms with Crippen molar-refractivity contribution in [2.75, 3.05) is 19.7 Å². The zero-order valence-corrected chi connectivity index (χ0v) is 14.8. The predicted octanol–water partition coefficient (Wildman–Crippen LogP) is 3.47. The SMILES string of the molecule is C.O=c1[nH]c(CSC2CCNCC2)nc2cc(OCC3CC3)cc(F)c12. The van der Waals surface area contributed by atoms with Gasteiger partial charge in [0.05, 0.1) is 17.9 Å². The van der Waals surface area contributed by atoms with E-state index in [2.05, 4.69) is 15.3 Å². The second kappa shape index (κ2) is 8.39. The van der Waals surface area contributed by atoms with E-state index in [1.165, 1.54) is 18.9 Å². The Labute approximate surface area is 157 Å². The fourth-order valence-electron chi connectivity index (χ4n) is 3.06. The lowest BCUT2D eigenvalue weighted by Crippen LogP contribution is -2.29. The highest BCUT2D eigenvalue weighted by Gasteiger charge is 2.22. The van der Waals surface area contributed by atoms with Crippen molar-refractivity contribution in [2.24, 2.45) is 5.92 Å². The van der Waals surface area contributed by atoms with Crippen LogP contribution in [0.4, 0.5) is 4.39 Å². The van der Waals surface area contributed by atoms with E-state index in [0.29, 0.717) is 40.6 Å². The van der Waals surface area contributed by atoms with Crippen LogP contribution in [-0.2, 0) is 5.75 Å². The minimum Gasteiger partial charge on any atom is -0.493 e. The number of benzene rings is 1. The molecule has 7 heteroatoms. The highest BCUT2D eigenvalue weighted by molar-refractivity contribution is 7.99. The second-order valence-electron chi connectivity index (χ2n) is 6.83. The highest BCUT2D eigenvalue weighted by atomic mass is 32.2. The first-order chi connectivity index (χ1) is 12.2. The molecule has 0 unspecified atom stereocenters. The van der Waals surface area contributed by atoms with Gasteiger partial charge >= 0.3 is 0 Å². The van der Waals surface area contributed by atoms with E-state index in [0.717, 1.165) is 25.9 Å². The van der Waals surface area contributed by atoms with Crippen LogP contribution in [0.5, 0.6) is 5.75 Å². The molecule has 1 saturated heterocycles. The first kappa shape index (κ1) is 19.2. The fourth-order valence-corrected chi connectivity index (χ4v) is 4.16. The Bertz CT molecular complexity index is 816. The summed E-state index contributed by atoms with van der Waals surface area (Å²) >= 11 is 1.80. The molecule has 142 valence electrons. The van der Waals surface area contributed by atoms with Gasteiger partial charge in [0.15, 0.2) is 0 Å². The Hall–Kier alpha value is -1.60. The molecule has 2 heterocycles. The van der Waals surface area contributed by atoms with Crippen LogP contribution < -0.4 is 15.6 Å². The van der Waals surface area contributed by atoms with E-state index in [1.54, 1.807) is 17.8 Å². The lowest BCUT2D eigenvalue weighted by molar-refractivity contribution is 0.299. The number of piperidine rings is 1. The molecule has 0 amide bonds. The Balaban J connectivity index is 0.00000196. The normalized spacial score (nSPS) is 17.9. The fraction of sp³-hybridized carbons (Fsp3) is 0.579. The number of hydrogen-bond acceptors (Lipinski definition) is 5. The lowest BCUT2D eigenvalue weighted by Gasteiger charge is -2.21. The molecule has 1 aromatic carbocycles. The summed E-state index contributed by atoms with van der Waals surface area (Å²) in [4.78, 5) is 19.5. The predicted molar refractivity (Wildman–Crippen MR) is 104 cm³/mol. The number of rotatable bonds is 6. The molecule has 0 spiro atoms. The van der Waals surface area contributed by atoms with Gasteiger partial charge in [0.1, 0.15) is 22.8 Å². The number of hydrogen-bond donors (Lipinski definition) is 2. The number of aromatic nitrogens is 2. The molecule has 1 aliphatic heterocycles. The molecule has 26 heavy (non-hydrogen) atoms. The molecule has 5 nitrogen and oxygen atoms in total. The van der Waals surface area contributed by atoms with Crippen LogP contribution in [0.1, 0.15) is 38.9 Å². The summed E-state index contributed by atoms with van der Waals surface area (Å²) in [7, 11) is 0. The van der Waals surface area contributed by atoms with Crippen LogP contribution in [0.15, 0.2) is 16.9 Å². The van der Waals surface area contributed by atoms with Crippen molar-refractivity contribution >= 4 is 22.7 Å². The second-order valence-corrected chi connectivity index (χ2v) is 8.12. The molecule has 0 radical (unpaired) electrons. The van der Waals surface area contributed by atoms with Gasteiger partial charge in [0, 0.05) is 17.4 Å². The van der Waals surface area contributed by atoms with Gasteiger partial charge in [-0.15, -0.1) is 0 Å². The molecule has 2 aliphatic rings. The summed E-state index contributed by atoms with van der Waals surface area (Å²) in [5, 5.41) is 3.93. The van der Waals surface area contributed by atoms with Crippen LogP contribution in [0, 0.1) is 11.7 Å². The molecular formula is C19H26FN3O2S. The molecule has 2 N–H and O–H groups in total. The Morgan fingerprint density at radius 1 is 1.23 bits per heavy atom. The summed E-state index contributed by atoms with van der Waals surface area (Å²) in [6, 6.07) is 2.96. The Kier molecular flexibility index (Phi) is 6.19. The average Bonchev–Trinajstić information content (AvgIpc) is 3.43. The molecule has 4 rings (SSSR count). The third-order valence-electron chi connectivity index (χ3n) is 4.71. The van der Waals surface area contributed by atoms with E-state index in [4.69, 9.17) is 4.74 Å². The van der Waals surface area contributed by atoms with E-state index < -0.39 is 11.4 Å². The molecule has 2 aromatic rings. The minimum atomic E-state index is -0.574. The first-order valence-electron chi connectivity index (χ1n) is 8.86. The quantitative estimate of drug-likeness (QED) is 0.804. The van der Waals surface area contributed by atoms with Gasteiger partial charge in [-0.05, 0) is 44.7 Å². The smallest absolute Gasteiger partial charge is 0.261 e. The van der Waals surface area contributed by atoms with E-state index in [-0.39, 0.29) is 12.8 Å². The molecule has 0 bridgehead atoms. The third kappa shape index (κ3) is 4.57. The number of thioether (sulfide) groups is 1. The summed E-state index contributed by atoms with van der Waals surface area (Å²) in [6.07, 6.45) is 4.59. The van der Waals surface area contributed by atoms with Crippen LogP contribution in [0.2, 0.25) is 0 Å². The van der Waals surface area contributed by atoms with Gasteiger partial charge in [-0.25, -0.2) is 9.37 Å². The maximum absolute atomic E-state index is 14.3. The molecule has 2 fully saturated rings. The topological polar surface area (TPSA) is 67.0 Å². The number of ether oxygens (including phenoxy) is 1. The molecule has 0 atom stereocenters. The van der Waals surface area contributed by atoms with Crippen LogP contribution in [0.25, 0.3) is 10.9 Å². The average molecular weight is 380 g/mol. The van der Waals surface area contributed by atoms with E-state index >= 15 is 0 Å². The Morgan fingerprint density at radius 3 is 2.73 bits per heavy atom. The number of halogens is 1. The molecular weight excluding hydrogens is 353 g/mol. The van der Waals surface area contributed by atoms with Crippen molar-refractivity contribution in [3.05, 3.63) is 34.1 Å². The zero-order valence-electron chi connectivity index (χ0n) is 14.0. The van der Waals surface area contributed by atoms with Crippen molar-refractivity contribution < 1.29 is 9.13 Å². The number of H-pyrrole nitrogens is 1. The lowest BCUT2D eigenvalue weighted by atomic mass is 10.2. The molecule has 1 aliphatic carbocycles. The summed E-state index contributed by atoms with van der Waals surface area (Å²) in [5.74, 6) is 1.69. The summed E-state index contributed by atoms with van der Waals surface area (Å²) < 4.78 is 20.0. The largest absolute Gasteiger partial charge is 0.493 e. The number of aromatic amines is 1. The van der Waals surface area contributed by atoms with Crippen molar-refractivity contribution in [1.82, 2.24) is 15.3 Å². The standard InChI is InChI=1S/C18H22FN3O2S.CH4/c19-14-7-12(24-9-11-1-2-11)8-15-17(14)18(23)22-16(21-15)10-25-13-3-5-20-6-4-13;/h7-8,11,13,20H,1-6,9-10H2,(H,21,22,23);1H4. The number of nitrogens with zero attached hydrogens (tertiary/aromatic N) is 1. The summed E-state index contributed by atoms with van der Waals surface area (Å²) in [6.45, 7) is 2.67. The number of fused-ring (bicyclic) bond motifs is 1. The highest BCUT2D eigenvalue weighted by Crippen LogP contribution is 2.30. The van der Waals surface area contributed by atoms with E-state index in [9.17, 15) is 9.18 Å². The van der Waals surface area contributed by atoms with Gasteiger partial charge in [0.25, 0.3) is 5.56 Å². The van der Waals surface area contributed by atoms with Crippen molar-refractivity contribution in [2.45, 2.75) is 44.1 Å². The summed E-state index contributed by atoms with van der Waals surface area (Å²) in [5.41, 5.74) is -0.0485. The van der Waals surface area contributed by atoms with Gasteiger partial charge in [-0.3, -0.25) is 4.79 Å².